The third kappa shape index (κ3) is 1.97. The summed E-state index contributed by atoms with van der Waals surface area (Å²) in [5.74, 6) is -0.677. The molecule has 4 nitrogen and oxygen atoms in total. The van der Waals surface area contributed by atoms with Crippen molar-refractivity contribution in [3.05, 3.63) is 71.4 Å². The monoisotopic (exact) mass is 264 g/mol. The summed E-state index contributed by atoms with van der Waals surface area (Å²) in [5, 5.41) is 0.863. The molecule has 98 valence electrons. The fourth-order valence-electron chi connectivity index (χ4n) is 2.23. The lowest BCUT2D eigenvalue weighted by atomic mass is 10.0. The number of amides is 1. The molecule has 20 heavy (non-hydrogen) atoms. The summed E-state index contributed by atoms with van der Waals surface area (Å²) in [5.41, 5.74) is 7.50. The Morgan fingerprint density at radius 1 is 0.950 bits per heavy atom. The van der Waals surface area contributed by atoms with E-state index in [0.29, 0.717) is 16.7 Å². The smallest absolute Gasteiger partial charge is 0.248 e. The number of primary amides is 1. The van der Waals surface area contributed by atoms with Crippen molar-refractivity contribution < 1.29 is 9.59 Å². The van der Waals surface area contributed by atoms with Crippen LogP contribution in [0.1, 0.15) is 26.3 Å². The SMILES string of the molecule is NC(=O)c1cccc(C(=O)c2c[nH]c3ccccc23)c1. The van der Waals surface area contributed by atoms with Crippen molar-refractivity contribution in [1.82, 2.24) is 4.98 Å². The average Bonchev–Trinajstić information content (AvgIpc) is 2.90. The number of aromatic amines is 1. The van der Waals surface area contributed by atoms with E-state index >= 15 is 0 Å². The highest BCUT2D eigenvalue weighted by Crippen LogP contribution is 2.21. The van der Waals surface area contributed by atoms with Crippen LogP contribution >= 0.6 is 0 Å². The fourth-order valence-corrected chi connectivity index (χ4v) is 2.23. The number of carbonyl (C=O) groups is 2. The molecule has 3 rings (SSSR count). The number of hydrogen-bond donors (Lipinski definition) is 2. The molecule has 0 saturated carbocycles. The van der Waals surface area contributed by atoms with Gasteiger partial charge in [-0.05, 0) is 18.2 Å². The van der Waals surface area contributed by atoms with E-state index in [0.717, 1.165) is 10.9 Å². The lowest BCUT2D eigenvalue weighted by Crippen LogP contribution is -2.12. The molecular weight excluding hydrogens is 252 g/mol. The van der Waals surface area contributed by atoms with E-state index in [2.05, 4.69) is 4.98 Å². The van der Waals surface area contributed by atoms with Gasteiger partial charge in [0.2, 0.25) is 5.91 Å². The number of rotatable bonds is 3. The van der Waals surface area contributed by atoms with Gasteiger partial charge in [-0.15, -0.1) is 0 Å². The second-order valence-corrected chi connectivity index (χ2v) is 4.52. The first-order valence-electron chi connectivity index (χ1n) is 6.17. The Bertz CT molecular complexity index is 818. The molecule has 0 saturated heterocycles. The molecule has 1 amide bonds. The summed E-state index contributed by atoms with van der Waals surface area (Å²) < 4.78 is 0. The van der Waals surface area contributed by atoms with Crippen LogP contribution < -0.4 is 5.73 Å². The van der Waals surface area contributed by atoms with Crippen LogP contribution in [0.4, 0.5) is 0 Å². The molecule has 0 aliphatic carbocycles. The van der Waals surface area contributed by atoms with Crippen LogP contribution in [0.15, 0.2) is 54.7 Å². The zero-order chi connectivity index (χ0) is 14.1. The van der Waals surface area contributed by atoms with Gasteiger partial charge in [0.05, 0.1) is 0 Å². The topological polar surface area (TPSA) is 76.0 Å². The van der Waals surface area contributed by atoms with E-state index in [1.54, 1.807) is 24.4 Å². The van der Waals surface area contributed by atoms with E-state index in [1.165, 1.54) is 6.07 Å². The first-order valence-corrected chi connectivity index (χ1v) is 6.17. The number of carbonyl (C=O) groups excluding carboxylic acids is 2. The van der Waals surface area contributed by atoms with Gasteiger partial charge < -0.3 is 10.7 Å². The quantitative estimate of drug-likeness (QED) is 0.713. The van der Waals surface area contributed by atoms with E-state index in [-0.39, 0.29) is 5.78 Å². The molecular formula is C16H12N2O2. The Balaban J connectivity index is 2.08. The molecule has 3 N–H and O–H groups in total. The van der Waals surface area contributed by atoms with Gasteiger partial charge in [0.25, 0.3) is 0 Å². The molecule has 4 heteroatoms. The number of nitrogens with one attached hydrogen (secondary N) is 1. The normalized spacial score (nSPS) is 10.6. The van der Waals surface area contributed by atoms with Crippen molar-refractivity contribution in [1.29, 1.82) is 0 Å². The molecule has 0 aliphatic heterocycles. The lowest BCUT2D eigenvalue weighted by molar-refractivity contribution is 0.1000. The van der Waals surface area contributed by atoms with E-state index in [9.17, 15) is 9.59 Å². The number of fused-ring (bicyclic) bond motifs is 1. The second-order valence-electron chi connectivity index (χ2n) is 4.52. The molecule has 1 aromatic heterocycles. The largest absolute Gasteiger partial charge is 0.366 e. The van der Waals surface area contributed by atoms with Crippen molar-refractivity contribution in [2.45, 2.75) is 0 Å². The molecule has 2 aromatic carbocycles. The molecule has 0 bridgehead atoms. The number of ketones is 1. The molecule has 1 heterocycles. The highest BCUT2D eigenvalue weighted by Gasteiger charge is 2.14. The van der Waals surface area contributed by atoms with Crippen LogP contribution in [-0.2, 0) is 0 Å². The fraction of sp³-hybridized carbons (Fsp3) is 0. The van der Waals surface area contributed by atoms with Gasteiger partial charge >= 0.3 is 0 Å². The Morgan fingerprint density at radius 3 is 2.50 bits per heavy atom. The number of hydrogen-bond acceptors (Lipinski definition) is 2. The van der Waals surface area contributed by atoms with E-state index < -0.39 is 5.91 Å². The summed E-state index contributed by atoms with van der Waals surface area (Å²) in [4.78, 5) is 26.8. The van der Waals surface area contributed by atoms with Crippen molar-refractivity contribution in [3.63, 3.8) is 0 Å². The van der Waals surface area contributed by atoms with Gasteiger partial charge in [0.1, 0.15) is 0 Å². The molecule has 0 radical (unpaired) electrons. The van der Waals surface area contributed by atoms with Crippen LogP contribution in [0.3, 0.4) is 0 Å². The van der Waals surface area contributed by atoms with Crippen LogP contribution in [0.2, 0.25) is 0 Å². The molecule has 0 atom stereocenters. The van der Waals surface area contributed by atoms with Crippen LogP contribution in [-0.4, -0.2) is 16.7 Å². The summed E-state index contributed by atoms with van der Waals surface area (Å²) in [6, 6.07) is 14.0. The second kappa shape index (κ2) is 4.66. The third-order valence-electron chi connectivity index (χ3n) is 3.24. The van der Waals surface area contributed by atoms with Crippen molar-refractivity contribution in [3.8, 4) is 0 Å². The van der Waals surface area contributed by atoms with Gasteiger partial charge in [-0.1, -0.05) is 30.3 Å². The molecule has 3 aromatic rings. The highest BCUT2D eigenvalue weighted by molar-refractivity contribution is 6.16. The number of benzene rings is 2. The van der Waals surface area contributed by atoms with Gasteiger partial charge in [-0.2, -0.15) is 0 Å². The minimum Gasteiger partial charge on any atom is -0.366 e. The van der Waals surface area contributed by atoms with Crippen molar-refractivity contribution >= 4 is 22.6 Å². The standard InChI is InChI=1S/C16H12N2O2/c17-16(20)11-5-3-4-10(8-11)15(19)13-9-18-14-7-2-1-6-12(13)14/h1-9,18H,(H2,17,20). The van der Waals surface area contributed by atoms with Gasteiger partial charge in [-0.25, -0.2) is 0 Å². The van der Waals surface area contributed by atoms with Crippen molar-refractivity contribution in [2.75, 3.05) is 0 Å². The zero-order valence-electron chi connectivity index (χ0n) is 10.6. The predicted octanol–water partition coefficient (Wildman–Crippen LogP) is 2.50. The van der Waals surface area contributed by atoms with Gasteiger partial charge in [0, 0.05) is 33.8 Å². The summed E-state index contributed by atoms with van der Waals surface area (Å²) in [7, 11) is 0. The van der Waals surface area contributed by atoms with Crippen molar-refractivity contribution in [2.24, 2.45) is 5.73 Å². The minimum atomic E-state index is -0.543. The minimum absolute atomic E-state index is 0.134. The van der Waals surface area contributed by atoms with Gasteiger partial charge in [0.15, 0.2) is 5.78 Å². The summed E-state index contributed by atoms with van der Waals surface area (Å²) >= 11 is 0. The van der Waals surface area contributed by atoms with E-state index in [1.807, 2.05) is 24.3 Å². The predicted molar refractivity (Wildman–Crippen MR) is 76.7 cm³/mol. The lowest BCUT2D eigenvalue weighted by Gasteiger charge is -2.02. The summed E-state index contributed by atoms with van der Waals surface area (Å²) in [6.45, 7) is 0. The first kappa shape index (κ1) is 12.2. The molecule has 0 fully saturated rings. The Kier molecular flexibility index (Phi) is 2.84. The molecule has 0 spiro atoms. The third-order valence-corrected chi connectivity index (χ3v) is 3.24. The zero-order valence-corrected chi connectivity index (χ0v) is 10.6. The van der Waals surface area contributed by atoms with Gasteiger partial charge in [-0.3, -0.25) is 9.59 Å². The maximum absolute atomic E-state index is 12.5. The maximum Gasteiger partial charge on any atom is 0.248 e. The maximum atomic E-state index is 12.5. The number of para-hydroxylation sites is 1. The number of H-pyrrole nitrogens is 1. The van der Waals surface area contributed by atoms with E-state index in [4.69, 9.17) is 5.73 Å². The van der Waals surface area contributed by atoms with Crippen LogP contribution in [0.25, 0.3) is 10.9 Å². The number of aromatic nitrogens is 1. The Labute approximate surface area is 115 Å². The Morgan fingerprint density at radius 2 is 1.70 bits per heavy atom. The summed E-state index contributed by atoms with van der Waals surface area (Å²) in [6.07, 6.45) is 1.68. The highest BCUT2D eigenvalue weighted by atomic mass is 16.1. The average molecular weight is 264 g/mol. The molecule has 0 unspecified atom stereocenters. The van der Waals surface area contributed by atoms with Crippen LogP contribution in [0, 0.1) is 0 Å². The van der Waals surface area contributed by atoms with Crippen LogP contribution in [0.5, 0.6) is 0 Å². The Hall–Kier alpha value is -2.88. The number of nitrogens with two attached hydrogens (primary N) is 1. The molecule has 0 aliphatic rings. The first-order chi connectivity index (χ1) is 9.66.